The molecular weight excluding hydrogens is 172 g/mol. The second-order valence-corrected chi connectivity index (χ2v) is 2.63. The summed E-state index contributed by atoms with van der Waals surface area (Å²) in [5.41, 5.74) is 10.8. The summed E-state index contributed by atoms with van der Waals surface area (Å²) in [6.07, 6.45) is -0.793. The molecule has 1 aromatic carbocycles. The fourth-order valence-electron chi connectivity index (χ4n) is 1.13. The molecule has 0 saturated heterocycles. The molecule has 1 amide bonds. The molecular formula is C8H8N2O3. The summed E-state index contributed by atoms with van der Waals surface area (Å²) in [7, 11) is 0. The molecule has 1 atom stereocenters. The zero-order valence-corrected chi connectivity index (χ0v) is 6.69. The molecule has 1 aliphatic rings. The molecule has 2 rings (SSSR count). The lowest BCUT2D eigenvalue weighted by Gasteiger charge is -1.99. The van der Waals surface area contributed by atoms with E-state index in [0.29, 0.717) is 17.1 Å². The van der Waals surface area contributed by atoms with E-state index < -0.39 is 12.3 Å². The Hall–Kier alpha value is -1.75. The van der Waals surface area contributed by atoms with Crippen molar-refractivity contribution in [3.05, 3.63) is 23.8 Å². The minimum atomic E-state index is -0.793. The van der Waals surface area contributed by atoms with Crippen LogP contribution in [0.3, 0.4) is 0 Å². The number of hydrogen-bond donors (Lipinski definition) is 2. The molecule has 0 fully saturated rings. The Labute approximate surface area is 74.2 Å². The number of primary amides is 1. The highest BCUT2D eigenvalue weighted by Crippen LogP contribution is 2.33. The van der Waals surface area contributed by atoms with Gasteiger partial charge in [0, 0.05) is 5.56 Å². The predicted octanol–water partition coefficient (Wildman–Crippen LogP) is -0.201. The Morgan fingerprint density at radius 3 is 2.69 bits per heavy atom. The third-order valence-corrected chi connectivity index (χ3v) is 1.71. The van der Waals surface area contributed by atoms with Crippen LogP contribution in [0, 0.1) is 0 Å². The molecule has 1 unspecified atom stereocenters. The summed E-state index contributed by atoms with van der Waals surface area (Å²) in [5, 5.41) is 0. The van der Waals surface area contributed by atoms with E-state index in [1.54, 1.807) is 12.1 Å². The van der Waals surface area contributed by atoms with E-state index in [-0.39, 0.29) is 0 Å². The monoisotopic (exact) mass is 180 g/mol. The van der Waals surface area contributed by atoms with Gasteiger partial charge in [-0.3, -0.25) is 10.5 Å². The molecule has 0 bridgehead atoms. The fourth-order valence-corrected chi connectivity index (χ4v) is 1.13. The van der Waals surface area contributed by atoms with Crippen LogP contribution in [0.1, 0.15) is 10.4 Å². The summed E-state index contributed by atoms with van der Waals surface area (Å²) in [6, 6.07) is 4.66. The minimum absolute atomic E-state index is 0.372. The van der Waals surface area contributed by atoms with Gasteiger partial charge >= 0.3 is 0 Å². The summed E-state index contributed by atoms with van der Waals surface area (Å²) in [5.74, 6) is 0.466. The van der Waals surface area contributed by atoms with Crippen LogP contribution in [0.4, 0.5) is 0 Å². The van der Waals surface area contributed by atoms with Crippen molar-refractivity contribution in [2.45, 2.75) is 6.41 Å². The van der Waals surface area contributed by atoms with Gasteiger partial charge in [-0.25, -0.2) is 0 Å². The standard InChI is InChI=1S/C8H8N2O3/c9-7(11)4-1-2-5-6(3-4)13-8(10)12-5/h1-3,8H,10H2,(H2,9,11). The second kappa shape index (κ2) is 2.63. The number of hydrogen-bond acceptors (Lipinski definition) is 4. The molecule has 0 saturated carbocycles. The number of carbonyl (C=O) groups is 1. The van der Waals surface area contributed by atoms with Crippen LogP contribution >= 0.6 is 0 Å². The van der Waals surface area contributed by atoms with E-state index in [1.807, 2.05) is 0 Å². The molecule has 0 aliphatic carbocycles. The van der Waals surface area contributed by atoms with Crippen LogP contribution in [0.15, 0.2) is 18.2 Å². The van der Waals surface area contributed by atoms with Crippen LogP contribution < -0.4 is 20.9 Å². The number of amides is 1. The van der Waals surface area contributed by atoms with Crippen molar-refractivity contribution in [3.8, 4) is 11.5 Å². The van der Waals surface area contributed by atoms with Gasteiger partial charge < -0.3 is 15.2 Å². The third-order valence-electron chi connectivity index (χ3n) is 1.71. The Kier molecular flexibility index (Phi) is 1.60. The first-order valence-corrected chi connectivity index (χ1v) is 3.69. The number of benzene rings is 1. The largest absolute Gasteiger partial charge is 0.438 e. The summed E-state index contributed by atoms with van der Waals surface area (Å²) in [6.45, 7) is 0. The highest BCUT2D eigenvalue weighted by atomic mass is 16.7. The van der Waals surface area contributed by atoms with Gasteiger partial charge in [0.15, 0.2) is 11.5 Å². The SMILES string of the molecule is NC(=O)c1ccc2c(c1)OC(N)O2. The molecule has 4 N–H and O–H groups in total. The minimum Gasteiger partial charge on any atom is -0.438 e. The quantitative estimate of drug-likeness (QED) is 0.626. The lowest BCUT2D eigenvalue weighted by molar-refractivity contribution is 0.0561. The van der Waals surface area contributed by atoms with Crippen molar-refractivity contribution in [1.29, 1.82) is 0 Å². The Balaban J connectivity index is 2.40. The zero-order chi connectivity index (χ0) is 9.42. The maximum Gasteiger partial charge on any atom is 0.300 e. The van der Waals surface area contributed by atoms with Crippen LogP contribution in [-0.4, -0.2) is 12.3 Å². The first-order chi connectivity index (χ1) is 6.16. The van der Waals surface area contributed by atoms with E-state index in [9.17, 15) is 4.79 Å². The number of rotatable bonds is 1. The van der Waals surface area contributed by atoms with Crippen LogP contribution in [0.25, 0.3) is 0 Å². The lowest BCUT2D eigenvalue weighted by Crippen LogP contribution is -2.28. The molecule has 68 valence electrons. The Morgan fingerprint density at radius 1 is 1.31 bits per heavy atom. The smallest absolute Gasteiger partial charge is 0.300 e. The van der Waals surface area contributed by atoms with Gasteiger partial charge in [0.25, 0.3) is 6.41 Å². The van der Waals surface area contributed by atoms with Crippen molar-refractivity contribution in [2.24, 2.45) is 11.5 Å². The van der Waals surface area contributed by atoms with Gasteiger partial charge in [-0.15, -0.1) is 0 Å². The van der Waals surface area contributed by atoms with Crippen molar-refractivity contribution in [1.82, 2.24) is 0 Å². The highest BCUT2D eigenvalue weighted by Gasteiger charge is 2.21. The first-order valence-electron chi connectivity index (χ1n) is 3.69. The Morgan fingerprint density at radius 2 is 2.00 bits per heavy atom. The molecule has 5 nitrogen and oxygen atoms in total. The van der Waals surface area contributed by atoms with Gasteiger partial charge in [-0.1, -0.05) is 0 Å². The van der Waals surface area contributed by atoms with Crippen molar-refractivity contribution in [3.63, 3.8) is 0 Å². The summed E-state index contributed by atoms with van der Waals surface area (Å²) in [4.78, 5) is 10.8. The van der Waals surface area contributed by atoms with Crippen molar-refractivity contribution >= 4 is 5.91 Å². The number of fused-ring (bicyclic) bond motifs is 1. The zero-order valence-electron chi connectivity index (χ0n) is 6.69. The average molecular weight is 180 g/mol. The maximum absolute atomic E-state index is 10.8. The fraction of sp³-hybridized carbons (Fsp3) is 0.125. The molecule has 5 heteroatoms. The average Bonchev–Trinajstić information content (AvgIpc) is 2.42. The molecule has 0 aromatic heterocycles. The van der Waals surface area contributed by atoms with Crippen molar-refractivity contribution < 1.29 is 14.3 Å². The van der Waals surface area contributed by atoms with Gasteiger partial charge in [0.2, 0.25) is 5.91 Å². The highest BCUT2D eigenvalue weighted by molar-refractivity contribution is 5.93. The molecule has 1 heterocycles. The Bertz CT molecular complexity index is 364. The second-order valence-electron chi connectivity index (χ2n) is 2.63. The van der Waals surface area contributed by atoms with Crippen molar-refractivity contribution in [2.75, 3.05) is 0 Å². The van der Waals surface area contributed by atoms with Crippen LogP contribution in [0.2, 0.25) is 0 Å². The third kappa shape index (κ3) is 1.29. The van der Waals surface area contributed by atoms with E-state index in [4.69, 9.17) is 20.9 Å². The topological polar surface area (TPSA) is 87.6 Å². The van der Waals surface area contributed by atoms with Gasteiger partial charge in [-0.2, -0.15) is 0 Å². The summed E-state index contributed by atoms with van der Waals surface area (Å²) >= 11 is 0. The van der Waals surface area contributed by atoms with Gasteiger partial charge in [0.1, 0.15) is 0 Å². The molecule has 1 aliphatic heterocycles. The number of ether oxygens (including phenoxy) is 2. The molecule has 1 aromatic rings. The van der Waals surface area contributed by atoms with E-state index >= 15 is 0 Å². The first kappa shape index (κ1) is 7.88. The normalized spacial score (nSPS) is 18.7. The number of nitrogens with two attached hydrogens (primary N) is 2. The van der Waals surface area contributed by atoms with E-state index in [0.717, 1.165) is 0 Å². The predicted molar refractivity (Wildman–Crippen MR) is 44.2 cm³/mol. The molecule has 0 spiro atoms. The number of carbonyl (C=O) groups excluding carboxylic acids is 1. The van der Waals surface area contributed by atoms with Gasteiger partial charge in [0.05, 0.1) is 0 Å². The molecule has 13 heavy (non-hydrogen) atoms. The van der Waals surface area contributed by atoms with Crippen LogP contribution in [0.5, 0.6) is 11.5 Å². The van der Waals surface area contributed by atoms with E-state index in [2.05, 4.69) is 0 Å². The molecule has 0 radical (unpaired) electrons. The van der Waals surface area contributed by atoms with E-state index in [1.165, 1.54) is 6.07 Å². The van der Waals surface area contributed by atoms with Gasteiger partial charge in [-0.05, 0) is 18.2 Å². The lowest BCUT2D eigenvalue weighted by atomic mass is 10.2. The maximum atomic E-state index is 10.8. The van der Waals surface area contributed by atoms with Crippen LogP contribution in [-0.2, 0) is 0 Å². The summed E-state index contributed by atoms with van der Waals surface area (Å²) < 4.78 is 10.1.